The molecular weight excluding hydrogens is 270 g/mol. The fourth-order valence-electron chi connectivity index (χ4n) is 1.82. The maximum Gasteiger partial charge on any atom is 0.337 e. The van der Waals surface area contributed by atoms with E-state index < -0.39 is 17.8 Å². The van der Waals surface area contributed by atoms with Crippen molar-refractivity contribution in [2.75, 3.05) is 4.90 Å². The number of carbonyl (C=O) groups is 3. The van der Waals surface area contributed by atoms with Crippen LogP contribution in [0.4, 0.5) is 5.69 Å². The second kappa shape index (κ2) is 5.24. The molecule has 0 unspecified atom stereocenters. The van der Waals surface area contributed by atoms with Crippen molar-refractivity contribution < 1.29 is 19.5 Å². The van der Waals surface area contributed by atoms with Crippen LogP contribution >= 0.6 is 12.4 Å². The number of benzene rings is 1. The van der Waals surface area contributed by atoms with E-state index >= 15 is 0 Å². The van der Waals surface area contributed by atoms with Crippen molar-refractivity contribution in [3.8, 4) is 0 Å². The Balaban J connectivity index is 0.00000180. The van der Waals surface area contributed by atoms with E-state index in [-0.39, 0.29) is 23.7 Å². The maximum absolute atomic E-state index is 12.0. The van der Waals surface area contributed by atoms with Crippen LogP contribution in [-0.4, -0.2) is 22.9 Å². The minimum absolute atomic E-state index is 0. The summed E-state index contributed by atoms with van der Waals surface area (Å²) in [6.45, 7) is 3.11. The lowest BCUT2D eigenvalue weighted by atomic mass is 10.1. The number of rotatable bonds is 2. The van der Waals surface area contributed by atoms with Crippen molar-refractivity contribution in [1.82, 2.24) is 0 Å². The zero-order valence-electron chi connectivity index (χ0n) is 10.3. The van der Waals surface area contributed by atoms with Gasteiger partial charge in [0, 0.05) is 11.1 Å². The van der Waals surface area contributed by atoms with Crippen molar-refractivity contribution in [2.24, 2.45) is 0 Å². The Bertz CT molecular complexity index is 582. The number of para-hydroxylation sites is 1. The summed E-state index contributed by atoms with van der Waals surface area (Å²) in [5.74, 6) is -2.11. The van der Waals surface area contributed by atoms with Crippen molar-refractivity contribution in [1.29, 1.82) is 0 Å². The summed E-state index contributed by atoms with van der Waals surface area (Å²) in [5.41, 5.74) is 0.735. The van der Waals surface area contributed by atoms with E-state index in [2.05, 4.69) is 0 Å². The summed E-state index contributed by atoms with van der Waals surface area (Å²) in [4.78, 5) is 35.9. The molecule has 1 aromatic rings. The molecule has 6 heteroatoms. The predicted molar refractivity (Wildman–Crippen MR) is 71.5 cm³/mol. The Labute approximate surface area is 115 Å². The number of imide groups is 1. The Kier molecular flexibility index (Phi) is 4.11. The normalized spacial score (nSPS) is 14.7. The van der Waals surface area contributed by atoms with Gasteiger partial charge in [0.15, 0.2) is 0 Å². The van der Waals surface area contributed by atoms with E-state index in [4.69, 9.17) is 5.11 Å². The Morgan fingerprint density at radius 1 is 1.05 bits per heavy atom. The SMILES string of the molecule is CC1=C(C)C(=O)N(c2ccccc2C(=O)O)C1=O.Cl. The van der Waals surface area contributed by atoms with E-state index in [0.717, 1.165) is 4.90 Å². The van der Waals surface area contributed by atoms with Gasteiger partial charge in [0.05, 0.1) is 11.3 Å². The van der Waals surface area contributed by atoms with Crippen LogP contribution in [0.2, 0.25) is 0 Å². The number of anilines is 1. The third-order valence-electron chi connectivity index (χ3n) is 2.99. The minimum Gasteiger partial charge on any atom is -0.478 e. The molecule has 2 amide bonds. The maximum atomic E-state index is 12.0. The molecule has 0 aromatic heterocycles. The molecule has 0 spiro atoms. The summed E-state index contributed by atoms with van der Waals surface area (Å²) < 4.78 is 0. The first-order chi connectivity index (χ1) is 8.45. The average Bonchev–Trinajstić information content (AvgIpc) is 2.54. The number of carbonyl (C=O) groups excluding carboxylic acids is 2. The van der Waals surface area contributed by atoms with E-state index in [0.29, 0.717) is 11.1 Å². The van der Waals surface area contributed by atoms with Gasteiger partial charge in [0.1, 0.15) is 0 Å². The van der Waals surface area contributed by atoms with Gasteiger partial charge in [-0.2, -0.15) is 0 Å². The lowest BCUT2D eigenvalue weighted by Crippen LogP contribution is -2.32. The molecular formula is C13H12ClNO4. The lowest BCUT2D eigenvalue weighted by molar-refractivity contribution is -0.120. The Hall–Kier alpha value is -2.14. The van der Waals surface area contributed by atoms with Gasteiger partial charge in [-0.25, -0.2) is 9.69 Å². The molecule has 1 aliphatic heterocycles. The topological polar surface area (TPSA) is 74.7 Å². The van der Waals surface area contributed by atoms with Gasteiger partial charge < -0.3 is 5.11 Å². The summed E-state index contributed by atoms with van der Waals surface area (Å²) in [5, 5.41) is 9.07. The molecule has 5 nitrogen and oxygen atoms in total. The molecule has 1 heterocycles. The number of carboxylic acids is 1. The summed E-state index contributed by atoms with van der Waals surface area (Å²) in [6.07, 6.45) is 0. The Morgan fingerprint density at radius 2 is 1.53 bits per heavy atom. The van der Waals surface area contributed by atoms with Crippen molar-refractivity contribution in [3.05, 3.63) is 41.0 Å². The van der Waals surface area contributed by atoms with E-state index in [1.807, 2.05) is 0 Å². The van der Waals surface area contributed by atoms with Gasteiger partial charge >= 0.3 is 5.97 Å². The highest BCUT2D eigenvalue weighted by molar-refractivity contribution is 6.33. The predicted octanol–water partition coefficient (Wildman–Crippen LogP) is 2.02. The number of carboxylic acid groups (broad SMARTS) is 1. The molecule has 0 atom stereocenters. The van der Waals surface area contributed by atoms with Crippen LogP contribution in [0.25, 0.3) is 0 Å². The molecule has 1 aromatic carbocycles. The Morgan fingerprint density at radius 3 is 2.00 bits per heavy atom. The summed E-state index contributed by atoms with van der Waals surface area (Å²) in [7, 11) is 0. The largest absolute Gasteiger partial charge is 0.478 e. The summed E-state index contributed by atoms with van der Waals surface area (Å²) >= 11 is 0. The highest BCUT2D eigenvalue weighted by Crippen LogP contribution is 2.29. The third-order valence-corrected chi connectivity index (χ3v) is 2.99. The van der Waals surface area contributed by atoms with Gasteiger partial charge in [-0.1, -0.05) is 12.1 Å². The zero-order valence-corrected chi connectivity index (χ0v) is 11.2. The number of amides is 2. The van der Waals surface area contributed by atoms with Gasteiger partial charge in [-0.05, 0) is 26.0 Å². The van der Waals surface area contributed by atoms with Gasteiger partial charge in [-0.3, -0.25) is 9.59 Å². The van der Waals surface area contributed by atoms with Crippen LogP contribution in [0, 0.1) is 0 Å². The van der Waals surface area contributed by atoms with Gasteiger partial charge in [0.25, 0.3) is 11.8 Å². The monoisotopic (exact) mass is 281 g/mol. The molecule has 0 radical (unpaired) electrons. The van der Waals surface area contributed by atoms with Gasteiger partial charge in [0.2, 0.25) is 0 Å². The van der Waals surface area contributed by atoms with Crippen LogP contribution in [-0.2, 0) is 9.59 Å². The van der Waals surface area contributed by atoms with Crippen molar-refractivity contribution in [3.63, 3.8) is 0 Å². The molecule has 0 fully saturated rings. The quantitative estimate of drug-likeness (QED) is 0.842. The van der Waals surface area contributed by atoms with E-state index in [1.54, 1.807) is 26.0 Å². The number of aromatic carboxylic acids is 1. The van der Waals surface area contributed by atoms with Crippen LogP contribution in [0.5, 0.6) is 0 Å². The first kappa shape index (κ1) is 14.9. The zero-order chi connectivity index (χ0) is 13.4. The van der Waals surface area contributed by atoms with E-state index in [9.17, 15) is 14.4 Å². The second-order valence-corrected chi connectivity index (χ2v) is 4.02. The average molecular weight is 282 g/mol. The molecule has 2 rings (SSSR count). The highest BCUT2D eigenvalue weighted by atomic mass is 35.5. The van der Waals surface area contributed by atoms with Crippen molar-refractivity contribution in [2.45, 2.75) is 13.8 Å². The smallest absolute Gasteiger partial charge is 0.337 e. The number of hydrogen-bond acceptors (Lipinski definition) is 3. The minimum atomic E-state index is -1.17. The molecule has 0 aliphatic carbocycles. The van der Waals surface area contributed by atoms with Crippen LogP contribution in [0.3, 0.4) is 0 Å². The number of hydrogen-bond donors (Lipinski definition) is 1. The van der Waals surface area contributed by atoms with E-state index in [1.165, 1.54) is 12.1 Å². The lowest BCUT2D eigenvalue weighted by Gasteiger charge is -2.16. The van der Waals surface area contributed by atoms with Crippen molar-refractivity contribution >= 4 is 35.9 Å². The van der Waals surface area contributed by atoms with Crippen LogP contribution in [0.15, 0.2) is 35.4 Å². The second-order valence-electron chi connectivity index (χ2n) is 4.02. The highest BCUT2D eigenvalue weighted by Gasteiger charge is 2.36. The molecule has 1 N–H and O–H groups in total. The summed E-state index contributed by atoms with van der Waals surface area (Å²) in [6, 6.07) is 5.95. The number of nitrogens with zero attached hydrogens (tertiary/aromatic N) is 1. The standard InChI is InChI=1S/C13H11NO4.ClH/c1-7-8(2)12(16)14(11(7)15)10-6-4-3-5-9(10)13(17)18;/h3-6H,1-2H3,(H,17,18);1H. The molecule has 100 valence electrons. The molecule has 0 saturated carbocycles. The molecule has 1 aliphatic rings. The first-order valence-corrected chi connectivity index (χ1v) is 5.33. The molecule has 0 saturated heterocycles. The fourth-order valence-corrected chi connectivity index (χ4v) is 1.82. The van der Waals surface area contributed by atoms with Crippen LogP contribution in [0.1, 0.15) is 24.2 Å². The molecule has 19 heavy (non-hydrogen) atoms. The van der Waals surface area contributed by atoms with Crippen LogP contribution < -0.4 is 4.90 Å². The van der Waals surface area contributed by atoms with Gasteiger partial charge in [-0.15, -0.1) is 12.4 Å². The third kappa shape index (κ3) is 2.24. The number of halogens is 1. The molecule has 0 bridgehead atoms. The fraction of sp³-hybridized carbons (Fsp3) is 0.154. The first-order valence-electron chi connectivity index (χ1n) is 5.33.